The summed E-state index contributed by atoms with van der Waals surface area (Å²) in [6.07, 6.45) is 4.95. The monoisotopic (exact) mass is 669 g/mol. The van der Waals surface area contributed by atoms with Crippen LogP contribution in [0.5, 0.6) is 0 Å². The molecule has 0 radical (unpaired) electrons. The minimum Gasteiger partial charge on any atom is -0.352 e. The highest BCUT2D eigenvalue weighted by atomic mass is 35.5. The molecule has 0 aromatic heterocycles. The van der Waals surface area contributed by atoms with Crippen molar-refractivity contribution < 1.29 is 18.0 Å². The van der Waals surface area contributed by atoms with Crippen LogP contribution >= 0.6 is 46.4 Å². The van der Waals surface area contributed by atoms with E-state index in [-0.39, 0.29) is 40.6 Å². The van der Waals surface area contributed by atoms with Crippen LogP contribution in [0.15, 0.2) is 66.7 Å². The molecule has 1 aliphatic carbocycles. The zero-order valence-corrected chi connectivity index (χ0v) is 26.7. The molecule has 12 heteroatoms. The van der Waals surface area contributed by atoms with Gasteiger partial charge in [0, 0.05) is 39.1 Å². The van der Waals surface area contributed by atoms with E-state index in [1.165, 1.54) is 23.1 Å². The van der Waals surface area contributed by atoms with Gasteiger partial charge in [0.25, 0.3) is 0 Å². The fourth-order valence-electron chi connectivity index (χ4n) is 5.05. The number of nitrogens with zero attached hydrogens (tertiary/aromatic N) is 2. The number of amides is 2. The zero-order valence-electron chi connectivity index (χ0n) is 22.9. The molecule has 4 rings (SSSR count). The molecule has 1 aliphatic rings. The van der Waals surface area contributed by atoms with Gasteiger partial charge in [0.15, 0.2) is 0 Å². The lowest BCUT2D eigenvalue weighted by Gasteiger charge is -2.34. The molecule has 0 spiro atoms. The molecule has 1 atom stereocenters. The van der Waals surface area contributed by atoms with Crippen LogP contribution in [0, 0.1) is 0 Å². The third-order valence-corrected chi connectivity index (χ3v) is 9.31. The Labute approximate surface area is 266 Å². The molecule has 0 saturated heterocycles. The molecule has 0 bridgehead atoms. The normalized spacial score (nSPS) is 14.4. The van der Waals surface area contributed by atoms with Gasteiger partial charge in [-0.05, 0) is 54.3 Å². The quantitative estimate of drug-likeness (QED) is 0.244. The van der Waals surface area contributed by atoms with Crippen LogP contribution in [-0.4, -0.2) is 50.0 Å². The topological polar surface area (TPSA) is 86.8 Å². The molecule has 7 nitrogen and oxygen atoms in total. The van der Waals surface area contributed by atoms with Crippen LogP contribution in [-0.2, 0) is 32.6 Å². The Bertz CT molecular complexity index is 1510. The summed E-state index contributed by atoms with van der Waals surface area (Å²) < 4.78 is 26.8. The van der Waals surface area contributed by atoms with Gasteiger partial charge >= 0.3 is 0 Å². The van der Waals surface area contributed by atoms with E-state index in [2.05, 4.69) is 5.32 Å². The first kappa shape index (κ1) is 32.4. The van der Waals surface area contributed by atoms with Crippen molar-refractivity contribution in [3.8, 4) is 0 Å². The highest BCUT2D eigenvalue weighted by Gasteiger charge is 2.34. The van der Waals surface area contributed by atoms with E-state index in [0.29, 0.717) is 15.6 Å². The lowest BCUT2D eigenvalue weighted by Crippen LogP contribution is -2.54. The summed E-state index contributed by atoms with van der Waals surface area (Å²) in [5.74, 6) is -0.925. The number of hydrogen-bond acceptors (Lipinski definition) is 4. The number of carbonyl (C=O) groups excluding carboxylic acids is 2. The summed E-state index contributed by atoms with van der Waals surface area (Å²) in [7, 11) is -3.97. The standard InChI is InChI=1S/C30H31Cl4N3O4S/c1-42(40,41)37(26-15-23(32)14-24(33)16-26)19-29(38)36(18-21-11-12-22(31)17-27(21)34)28(13-20-7-3-2-4-8-20)30(39)35-25-9-5-6-10-25/h2-4,7-8,11-12,14-17,25,28H,5-6,9-10,13,18-19H2,1H3,(H,35,39)/t28-/m1/s1. The molecule has 0 aliphatic heterocycles. The van der Waals surface area contributed by atoms with Crippen molar-refractivity contribution in [2.45, 2.75) is 50.7 Å². The van der Waals surface area contributed by atoms with Crippen molar-refractivity contribution in [1.29, 1.82) is 0 Å². The Kier molecular flexibility index (Phi) is 11.1. The Hall–Kier alpha value is -2.49. The highest BCUT2D eigenvalue weighted by molar-refractivity contribution is 7.92. The summed E-state index contributed by atoms with van der Waals surface area (Å²) in [6, 6.07) is 17.6. The summed E-state index contributed by atoms with van der Waals surface area (Å²) in [5.41, 5.74) is 1.52. The number of anilines is 1. The van der Waals surface area contributed by atoms with E-state index in [1.54, 1.807) is 18.2 Å². The number of halogens is 4. The number of carbonyl (C=O) groups is 2. The van der Waals surface area contributed by atoms with Gasteiger partial charge < -0.3 is 10.2 Å². The first-order valence-corrected chi connectivity index (χ1v) is 16.8. The van der Waals surface area contributed by atoms with Crippen LogP contribution in [0.1, 0.15) is 36.8 Å². The maximum Gasteiger partial charge on any atom is 0.244 e. The van der Waals surface area contributed by atoms with Crippen LogP contribution in [0.25, 0.3) is 0 Å². The largest absolute Gasteiger partial charge is 0.352 e. The molecule has 1 saturated carbocycles. The van der Waals surface area contributed by atoms with Crippen molar-refractivity contribution in [2.24, 2.45) is 0 Å². The smallest absolute Gasteiger partial charge is 0.244 e. The van der Waals surface area contributed by atoms with Crippen LogP contribution < -0.4 is 9.62 Å². The molecule has 0 unspecified atom stereocenters. The van der Waals surface area contributed by atoms with E-state index < -0.39 is 28.5 Å². The fraction of sp³-hybridized carbons (Fsp3) is 0.333. The Balaban J connectivity index is 1.76. The van der Waals surface area contributed by atoms with E-state index in [4.69, 9.17) is 46.4 Å². The fourth-order valence-corrected chi connectivity index (χ4v) is 6.87. The number of rotatable bonds is 11. The van der Waals surface area contributed by atoms with Crippen molar-refractivity contribution in [1.82, 2.24) is 10.2 Å². The summed E-state index contributed by atoms with van der Waals surface area (Å²) in [4.78, 5) is 29.5. The maximum atomic E-state index is 14.2. The molecular weight excluding hydrogens is 640 g/mol. The van der Waals surface area contributed by atoms with Gasteiger partial charge in [-0.1, -0.05) is 95.6 Å². The minimum absolute atomic E-state index is 0.00738. The average Bonchev–Trinajstić information content (AvgIpc) is 3.42. The molecule has 2 amide bonds. The Morgan fingerprint density at radius 2 is 1.55 bits per heavy atom. The number of benzene rings is 3. The molecule has 0 heterocycles. The SMILES string of the molecule is CS(=O)(=O)N(CC(=O)N(Cc1ccc(Cl)cc1Cl)[C@H](Cc1ccccc1)C(=O)NC1CCCC1)c1cc(Cl)cc(Cl)c1. The van der Waals surface area contributed by atoms with Gasteiger partial charge in [0.05, 0.1) is 11.9 Å². The molecule has 3 aromatic rings. The van der Waals surface area contributed by atoms with Gasteiger partial charge in [-0.3, -0.25) is 13.9 Å². The van der Waals surface area contributed by atoms with E-state index in [1.807, 2.05) is 30.3 Å². The maximum absolute atomic E-state index is 14.2. The first-order chi connectivity index (χ1) is 19.9. The van der Waals surface area contributed by atoms with Gasteiger partial charge in [-0.15, -0.1) is 0 Å². The molecule has 224 valence electrons. The predicted molar refractivity (Wildman–Crippen MR) is 170 cm³/mol. The van der Waals surface area contributed by atoms with E-state index >= 15 is 0 Å². The van der Waals surface area contributed by atoms with Crippen molar-refractivity contribution in [3.63, 3.8) is 0 Å². The highest BCUT2D eigenvalue weighted by Crippen LogP contribution is 2.29. The molecule has 42 heavy (non-hydrogen) atoms. The van der Waals surface area contributed by atoms with Gasteiger partial charge in [0.1, 0.15) is 12.6 Å². The van der Waals surface area contributed by atoms with Gasteiger partial charge in [-0.25, -0.2) is 8.42 Å². The van der Waals surface area contributed by atoms with E-state index in [0.717, 1.165) is 41.8 Å². The second-order valence-corrected chi connectivity index (χ2v) is 14.0. The zero-order chi connectivity index (χ0) is 30.4. The summed E-state index contributed by atoms with van der Waals surface area (Å²) >= 11 is 25.0. The summed E-state index contributed by atoms with van der Waals surface area (Å²) in [6.45, 7) is -0.652. The molecular formula is C30H31Cl4N3O4S. The predicted octanol–water partition coefficient (Wildman–Crippen LogP) is 6.77. The van der Waals surface area contributed by atoms with E-state index in [9.17, 15) is 18.0 Å². The molecule has 1 fully saturated rings. The third-order valence-electron chi connectivity index (χ3n) is 7.14. The average molecular weight is 671 g/mol. The first-order valence-electron chi connectivity index (χ1n) is 13.4. The summed E-state index contributed by atoms with van der Waals surface area (Å²) in [5, 5.41) is 4.27. The lowest BCUT2D eigenvalue weighted by molar-refractivity contribution is -0.140. The number of sulfonamides is 1. The minimum atomic E-state index is -3.97. The second-order valence-electron chi connectivity index (χ2n) is 10.4. The third kappa shape index (κ3) is 8.77. The van der Waals surface area contributed by atoms with Crippen LogP contribution in [0.4, 0.5) is 5.69 Å². The Morgan fingerprint density at radius 3 is 2.14 bits per heavy atom. The van der Waals surface area contributed by atoms with Crippen molar-refractivity contribution >= 4 is 73.9 Å². The molecule has 3 aromatic carbocycles. The van der Waals surface area contributed by atoms with Crippen LogP contribution in [0.3, 0.4) is 0 Å². The van der Waals surface area contributed by atoms with Crippen LogP contribution in [0.2, 0.25) is 20.1 Å². The van der Waals surface area contributed by atoms with Gasteiger partial charge in [-0.2, -0.15) is 0 Å². The van der Waals surface area contributed by atoms with Gasteiger partial charge in [0.2, 0.25) is 21.8 Å². The Morgan fingerprint density at radius 1 is 0.905 bits per heavy atom. The second kappa shape index (κ2) is 14.3. The number of hydrogen-bond donors (Lipinski definition) is 1. The van der Waals surface area contributed by atoms with Crippen molar-refractivity contribution in [2.75, 3.05) is 17.1 Å². The number of nitrogens with one attached hydrogen (secondary N) is 1. The molecule has 1 N–H and O–H groups in total. The van der Waals surface area contributed by atoms with Crippen molar-refractivity contribution in [3.05, 3.63) is 97.9 Å². The lowest BCUT2D eigenvalue weighted by atomic mass is 10.0.